The van der Waals surface area contributed by atoms with Crippen molar-refractivity contribution in [3.8, 4) is 0 Å². The standard InChI is InChI=1S/C17H18N2O5S/c1-17(2,14-6-4-5-7-15(14)19(21)22)16(20)18-12-8-10-13(11-9-12)25(3,23)24/h4-11H,1-3H3,(H,18,20). The highest BCUT2D eigenvalue weighted by Crippen LogP contribution is 2.32. The van der Waals surface area contributed by atoms with E-state index in [0.29, 0.717) is 11.3 Å². The van der Waals surface area contributed by atoms with Gasteiger partial charge in [0.2, 0.25) is 5.91 Å². The third kappa shape index (κ3) is 4.03. The molecule has 2 aromatic carbocycles. The molecule has 0 saturated heterocycles. The van der Waals surface area contributed by atoms with Crippen molar-refractivity contribution < 1.29 is 18.1 Å². The van der Waals surface area contributed by atoms with E-state index >= 15 is 0 Å². The molecule has 25 heavy (non-hydrogen) atoms. The van der Waals surface area contributed by atoms with Crippen molar-refractivity contribution in [3.63, 3.8) is 0 Å². The summed E-state index contributed by atoms with van der Waals surface area (Å²) in [5.74, 6) is -0.436. The van der Waals surface area contributed by atoms with Gasteiger partial charge in [-0.3, -0.25) is 14.9 Å². The van der Waals surface area contributed by atoms with Gasteiger partial charge in [0.15, 0.2) is 9.84 Å². The van der Waals surface area contributed by atoms with Gasteiger partial charge >= 0.3 is 0 Å². The SMILES string of the molecule is CC(C)(C(=O)Nc1ccc(S(C)(=O)=O)cc1)c1ccccc1[N+](=O)[O-]. The first-order chi connectivity index (χ1) is 11.5. The number of rotatable bonds is 5. The number of nitro benzene ring substituents is 1. The highest BCUT2D eigenvalue weighted by atomic mass is 32.2. The molecule has 0 spiro atoms. The molecule has 0 aliphatic heterocycles. The molecule has 1 amide bonds. The predicted octanol–water partition coefficient (Wildman–Crippen LogP) is 2.91. The Morgan fingerprint density at radius 3 is 2.16 bits per heavy atom. The zero-order valence-corrected chi connectivity index (χ0v) is 14.8. The number of nitrogens with one attached hydrogen (secondary N) is 1. The summed E-state index contributed by atoms with van der Waals surface area (Å²) in [5.41, 5.74) is -0.580. The van der Waals surface area contributed by atoms with Gasteiger partial charge in [-0.1, -0.05) is 18.2 Å². The van der Waals surface area contributed by atoms with E-state index in [1.807, 2.05) is 0 Å². The number of hydrogen-bond donors (Lipinski definition) is 1. The summed E-state index contributed by atoms with van der Waals surface area (Å²) in [6.07, 6.45) is 1.10. The van der Waals surface area contributed by atoms with Crippen molar-refractivity contribution in [2.75, 3.05) is 11.6 Å². The Kier molecular flexibility index (Phi) is 4.94. The summed E-state index contributed by atoms with van der Waals surface area (Å²) in [6.45, 7) is 3.19. The summed E-state index contributed by atoms with van der Waals surface area (Å²) in [5, 5.41) is 13.9. The number of para-hydroxylation sites is 1. The molecular weight excluding hydrogens is 344 g/mol. The quantitative estimate of drug-likeness (QED) is 0.650. The molecule has 0 heterocycles. The zero-order valence-electron chi connectivity index (χ0n) is 14.0. The van der Waals surface area contributed by atoms with Crippen molar-refractivity contribution >= 4 is 27.1 Å². The van der Waals surface area contributed by atoms with Crippen LogP contribution in [0.3, 0.4) is 0 Å². The Labute approximate surface area is 145 Å². The number of carbonyl (C=O) groups is 1. The molecular formula is C17H18N2O5S. The number of sulfone groups is 1. The predicted molar refractivity (Wildman–Crippen MR) is 94.3 cm³/mol. The largest absolute Gasteiger partial charge is 0.325 e. The molecule has 0 aromatic heterocycles. The first-order valence-electron chi connectivity index (χ1n) is 7.39. The minimum Gasteiger partial charge on any atom is -0.325 e. The lowest BCUT2D eigenvalue weighted by Crippen LogP contribution is -2.35. The Balaban J connectivity index is 2.29. The first-order valence-corrected chi connectivity index (χ1v) is 9.28. The summed E-state index contributed by atoms with van der Waals surface area (Å²) >= 11 is 0. The maximum atomic E-state index is 12.6. The van der Waals surface area contributed by atoms with Crippen LogP contribution >= 0.6 is 0 Å². The third-order valence-corrected chi connectivity index (χ3v) is 5.01. The molecule has 7 nitrogen and oxygen atoms in total. The van der Waals surface area contributed by atoms with E-state index in [1.54, 1.807) is 32.0 Å². The van der Waals surface area contributed by atoms with Crippen LogP contribution in [0.5, 0.6) is 0 Å². The van der Waals surface area contributed by atoms with E-state index in [-0.39, 0.29) is 10.6 Å². The number of benzene rings is 2. The highest BCUT2D eigenvalue weighted by molar-refractivity contribution is 7.90. The van der Waals surface area contributed by atoms with Crippen LogP contribution in [-0.4, -0.2) is 25.5 Å². The van der Waals surface area contributed by atoms with Gasteiger partial charge in [-0.2, -0.15) is 0 Å². The van der Waals surface area contributed by atoms with Crippen LogP contribution in [-0.2, 0) is 20.0 Å². The first kappa shape index (κ1) is 18.6. The maximum absolute atomic E-state index is 12.6. The van der Waals surface area contributed by atoms with Crippen LogP contribution in [0, 0.1) is 10.1 Å². The topological polar surface area (TPSA) is 106 Å². The third-order valence-electron chi connectivity index (χ3n) is 3.88. The molecule has 0 aliphatic carbocycles. The van der Waals surface area contributed by atoms with Gasteiger partial charge in [0.1, 0.15) is 0 Å². The van der Waals surface area contributed by atoms with Gasteiger partial charge in [-0.05, 0) is 38.1 Å². The van der Waals surface area contributed by atoms with E-state index in [9.17, 15) is 23.3 Å². The van der Waals surface area contributed by atoms with Crippen LogP contribution in [0.25, 0.3) is 0 Å². The number of amides is 1. The van der Waals surface area contributed by atoms with Crippen molar-refractivity contribution in [1.82, 2.24) is 0 Å². The number of nitro groups is 1. The fraction of sp³-hybridized carbons (Fsp3) is 0.235. The van der Waals surface area contributed by atoms with Gasteiger partial charge < -0.3 is 5.32 Å². The number of hydrogen-bond acceptors (Lipinski definition) is 5. The van der Waals surface area contributed by atoms with Crippen LogP contribution in [0.15, 0.2) is 53.4 Å². The number of carbonyl (C=O) groups excluding carboxylic acids is 1. The Bertz CT molecular complexity index is 918. The lowest BCUT2D eigenvalue weighted by molar-refractivity contribution is -0.385. The lowest BCUT2D eigenvalue weighted by atomic mass is 9.82. The summed E-state index contributed by atoms with van der Waals surface area (Å²) < 4.78 is 22.9. The lowest BCUT2D eigenvalue weighted by Gasteiger charge is -2.24. The summed E-state index contributed by atoms with van der Waals surface area (Å²) in [7, 11) is -3.32. The number of anilines is 1. The zero-order chi connectivity index (χ0) is 18.8. The normalized spacial score (nSPS) is 11.8. The van der Waals surface area contributed by atoms with Gasteiger partial charge in [0, 0.05) is 23.6 Å². The second kappa shape index (κ2) is 6.64. The van der Waals surface area contributed by atoms with Crippen molar-refractivity contribution in [2.45, 2.75) is 24.2 Å². The fourth-order valence-corrected chi connectivity index (χ4v) is 2.99. The molecule has 2 rings (SSSR count). The average molecular weight is 362 g/mol. The Hall–Kier alpha value is -2.74. The Morgan fingerprint density at radius 1 is 1.08 bits per heavy atom. The van der Waals surface area contributed by atoms with Gasteiger partial charge in [0.25, 0.3) is 5.69 Å². The number of nitrogens with zero attached hydrogens (tertiary/aromatic N) is 1. The molecule has 0 radical (unpaired) electrons. The Morgan fingerprint density at radius 2 is 1.64 bits per heavy atom. The molecule has 8 heteroatoms. The van der Waals surface area contributed by atoms with Gasteiger partial charge in [-0.15, -0.1) is 0 Å². The second-order valence-corrected chi connectivity index (χ2v) is 8.17. The van der Waals surface area contributed by atoms with E-state index < -0.39 is 26.1 Å². The van der Waals surface area contributed by atoms with Crippen LogP contribution in [0.1, 0.15) is 19.4 Å². The maximum Gasteiger partial charge on any atom is 0.273 e. The molecule has 0 saturated carbocycles. The van der Waals surface area contributed by atoms with E-state index in [1.165, 1.54) is 30.3 Å². The fourth-order valence-electron chi connectivity index (χ4n) is 2.36. The molecule has 0 unspecified atom stereocenters. The molecule has 0 atom stereocenters. The second-order valence-electron chi connectivity index (χ2n) is 6.15. The van der Waals surface area contributed by atoms with Gasteiger partial charge in [-0.25, -0.2) is 8.42 Å². The van der Waals surface area contributed by atoms with E-state index in [0.717, 1.165) is 6.26 Å². The molecule has 132 valence electrons. The van der Waals surface area contributed by atoms with E-state index in [2.05, 4.69) is 5.32 Å². The van der Waals surface area contributed by atoms with Crippen LogP contribution < -0.4 is 5.32 Å². The molecule has 1 N–H and O–H groups in total. The molecule has 0 fully saturated rings. The summed E-state index contributed by atoms with van der Waals surface area (Å²) in [4.78, 5) is 23.5. The van der Waals surface area contributed by atoms with Crippen LogP contribution in [0.4, 0.5) is 11.4 Å². The minimum absolute atomic E-state index is 0.130. The minimum atomic E-state index is -3.32. The monoisotopic (exact) mass is 362 g/mol. The highest BCUT2D eigenvalue weighted by Gasteiger charge is 2.35. The molecule has 0 bridgehead atoms. The van der Waals surface area contributed by atoms with Gasteiger partial charge in [0.05, 0.1) is 15.2 Å². The van der Waals surface area contributed by atoms with Crippen molar-refractivity contribution in [2.24, 2.45) is 0 Å². The van der Waals surface area contributed by atoms with E-state index in [4.69, 9.17) is 0 Å². The average Bonchev–Trinajstić information content (AvgIpc) is 2.54. The molecule has 0 aliphatic rings. The van der Waals surface area contributed by atoms with Crippen molar-refractivity contribution in [3.05, 3.63) is 64.2 Å². The molecule has 2 aromatic rings. The smallest absolute Gasteiger partial charge is 0.273 e. The van der Waals surface area contributed by atoms with Crippen molar-refractivity contribution in [1.29, 1.82) is 0 Å². The summed E-state index contributed by atoms with van der Waals surface area (Å²) in [6, 6.07) is 11.8. The van der Waals surface area contributed by atoms with Crippen LogP contribution in [0.2, 0.25) is 0 Å².